The number of piperidine rings is 1. The highest BCUT2D eigenvalue weighted by atomic mass is 16.2. The number of hydrogen-bond donors (Lipinski definition) is 2. The second-order valence-corrected chi connectivity index (χ2v) is 5.49. The Morgan fingerprint density at radius 1 is 1.35 bits per heavy atom. The molecule has 1 aromatic rings. The highest BCUT2D eigenvalue weighted by Crippen LogP contribution is 2.20. The number of aromatic amines is 1. The first-order valence-corrected chi connectivity index (χ1v) is 6.96. The number of rotatable bonds is 3. The van der Waals surface area contributed by atoms with Crippen molar-refractivity contribution in [2.45, 2.75) is 33.6 Å². The summed E-state index contributed by atoms with van der Waals surface area (Å²) in [5, 5.41) is 9.27. The molecule has 7 nitrogen and oxygen atoms in total. The van der Waals surface area contributed by atoms with Gasteiger partial charge in [-0.2, -0.15) is 4.98 Å². The van der Waals surface area contributed by atoms with Gasteiger partial charge in [-0.15, -0.1) is 5.10 Å². The summed E-state index contributed by atoms with van der Waals surface area (Å²) in [6.07, 6.45) is 1.38. The fourth-order valence-corrected chi connectivity index (χ4v) is 2.34. The number of nitrogens with zero attached hydrogens (tertiary/aromatic N) is 3. The van der Waals surface area contributed by atoms with Gasteiger partial charge in [0.05, 0.1) is 0 Å². The van der Waals surface area contributed by atoms with Gasteiger partial charge in [0.2, 0.25) is 17.8 Å². The van der Waals surface area contributed by atoms with Gasteiger partial charge < -0.3 is 4.90 Å². The standard InChI is InChI=1S/C13H21N5O2/c1-8(2)12(20)18-6-4-10(5-7-18)11(19)15-13-14-9(3)16-17-13/h8,10H,4-7H2,1-3H3,(H2,14,15,16,17,19). The Morgan fingerprint density at radius 3 is 2.50 bits per heavy atom. The molecule has 2 N–H and O–H groups in total. The Morgan fingerprint density at radius 2 is 2.00 bits per heavy atom. The molecule has 1 aromatic heterocycles. The summed E-state index contributed by atoms with van der Waals surface area (Å²) in [5.74, 6) is 1.00. The molecule has 0 bridgehead atoms. The van der Waals surface area contributed by atoms with Crippen molar-refractivity contribution in [3.8, 4) is 0 Å². The number of carbonyl (C=O) groups is 2. The van der Waals surface area contributed by atoms with Crippen molar-refractivity contribution >= 4 is 17.8 Å². The molecular formula is C13H21N5O2. The van der Waals surface area contributed by atoms with Gasteiger partial charge in [0.1, 0.15) is 5.82 Å². The van der Waals surface area contributed by atoms with E-state index in [1.165, 1.54) is 0 Å². The predicted octanol–water partition coefficient (Wildman–Crippen LogP) is 0.946. The van der Waals surface area contributed by atoms with Gasteiger partial charge in [0.15, 0.2) is 0 Å². The van der Waals surface area contributed by atoms with Crippen molar-refractivity contribution in [2.24, 2.45) is 11.8 Å². The zero-order valence-corrected chi connectivity index (χ0v) is 12.1. The first kappa shape index (κ1) is 14.5. The predicted molar refractivity (Wildman–Crippen MR) is 73.9 cm³/mol. The van der Waals surface area contributed by atoms with Gasteiger partial charge in [-0.25, -0.2) is 0 Å². The number of aryl methyl sites for hydroxylation is 1. The molecule has 2 rings (SSSR count). The van der Waals surface area contributed by atoms with Crippen LogP contribution in [-0.4, -0.2) is 45.0 Å². The summed E-state index contributed by atoms with van der Waals surface area (Å²) >= 11 is 0. The largest absolute Gasteiger partial charge is 0.342 e. The maximum Gasteiger partial charge on any atom is 0.248 e. The van der Waals surface area contributed by atoms with Crippen LogP contribution in [0.1, 0.15) is 32.5 Å². The van der Waals surface area contributed by atoms with Gasteiger partial charge in [0, 0.05) is 24.9 Å². The maximum absolute atomic E-state index is 12.1. The lowest BCUT2D eigenvalue weighted by molar-refractivity contribution is -0.137. The molecular weight excluding hydrogens is 258 g/mol. The Labute approximate surface area is 118 Å². The third-order valence-corrected chi connectivity index (χ3v) is 3.50. The number of anilines is 1. The number of nitrogens with one attached hydrogen (secondary N) is 2. The van der Waals surface area contributed by atoms with E-state index in [2.05, 4.69) is 20.5 Å². The Balaban J connectivity index is 1.84. The second kappa shape index (κ2) is 6.02. The zero-order chi connectivity index (χ0) is 14.7. The summed E-state index contributed by atoms with van der Waals surface area (Å²) in [5.41, 5.74) is 0. The number of amides is 2. The van der Waals surface area contributed by atoms with Gasteiger partial charge in [-0.05, 0) is 19.8 Å². The average molecular weight is 279 g/mol. The lowest BCUT2D eigenvalue weighted by Gasteiger charge is -2.32. The normalized spacial score (nSPS) is 16.5. The lowest BCUT2D eigenvalue weighted by Crippen LogP contribution is -2.43. The highest BCUT2D eigenvalue weighted by Gasteiger charge is 2.28. The molecule has 0 radical (unpaired) electrons. The molecule has 0 aromatic carbocycles. The van der Waals surface area contributed by atoms with Gasteiger partial charge in [-0.1, -0.05) is 13.8 Å². The van der Waals surface area contributed by atoms with Gasteiger partial charge in [0.25, 0.3) is 0 Å². The summed E-state index contributed by atoms with van der Waals surface area (Å²) in [7, 11) is 0. The highest BCUT2D eigenvalue weighted by molar-refractivity contribution is 5.91. The minimum atomic E-state index is -0.0787. The molecule has 0 aliphatic carbocycles. The molecule has 1 aliphatic heterocycles. The number of hydrogen-bond acceptors (Lipinski definition) is 4. The molecule has 7 heteroatoms. The molecule has 2 amide bonds. The number of likely N-dealkylation sites (tertiary alicyclic amines) is 1. The number of H-pyrrole nitrogens is 1. The van der Waals surface area contributed by atoms with Crippen molar-refractivity contribution in [1.82, 2.24) is 20.1 Å². The molecule has 2 heterocycles. The van der Waals surface area contributed by atoms with E-state index in [1.807, 2.05) is 18.7 Å². The van der Waals surface area contributed by atoms with Crippen molar-refractivity contribution in [3.63, 3.8) is 0 Å². The van der Waals surface area contributed by atoms with Crippen LogP contribution < -0.4 is 5.32 Å². The summed E-state index contributed by atoms with van der Waals surface area (Å²) < 4.78 is 0. The summed E-state index contributed by atoms with van der Waals surface area (Å²) in [6.45, 7) is 6.85. The van der Waals surface area contributed by atoms with E-state index in [9.17, 15) is 9.59 Å². The third-order valence-electron chi connectivity index (χ3n) is 3.50. The molecule has 0 unspecified atom stereocenters. The van der Waals surface area contributed by atoms with E-state index in [-0.39, 0.29) is 23.7 Å². The molecule has 20 heavy (non-hydrogen) atoms. The second-order valence-electron chi connectivity index (χ2n) is 5.49. The van der Waals surface area contributed by atoms with Crippen LogP contribution in [0.15, 0.2) is 0 Å². The third kappa shape index (κ3) is 3.34. The monoisotopic (exact) mass is 279 g/mol. The molecule has 110 valence electrons. The van der Waals surface area contributed by atoms with Gasteiger partial charge in [-0.3, -0.25) is 20.0 Å². The van der Waals surface area contributed by atoms with Crippen molar-refractivity contribution in [1.29, 1.82) is 0 Å². The van der Waals surface area contributed by atoms with Crippen molar-refractivity contribution in [3.05, 3.63) is 5.82 Å². The number of carbonyl (C=O) groups excluding carboxylic acids is 2. The lowest BCUT2D eigenvalue weighted by atomic mass is 9.95. The SMILES string of the molecule is Cc1nc(NC(=O)C2CCN(C(=O)C(C)C)CC2)n[nH]1. The Bertz CT molecular complexity index is 489. The van der Waals surface area contributed by atoms with Crippen LogP contribution >= 0.6 is 0 Å². The van der Waals surface area contributed by atoms with E-state index in [0.29, 0.717) is 37.7 Å². The fourth-order valence-electron chi connectivity index (χ4n) is 2.34. The minimum Gasteiger partial charge on any atom is -0.342 e. The van der Waals surface area contributed by atoms with E-state index < -0.39 is 0 Å². The van der Waals surface area contributed by atoms with E-state index in [0.717, 1.165) is 0 Å². The van der Waals surface area contributed by atoms with Crippen LogP contribution in [0.3, 0.4) is 0 Å². The summed E-state index contributed by atoms with van der Waals surface area (Å²) in [6, 6.07) is 0. The van der Waals surface area contributed by atoms with Crippen LogP contribution in [0.2, 0.25) is 0 Å². The van der Waals surface area contributed by atoms with E-state index in [4.69, 9.17) is 0 Å². The van der Waals surface area contributed by atoms with Crippen LogP contribution in [0.4, 0.5) is 5.95 Å². The fraction of sp³-hybridized carbons (Fsp3) is 0.692. The first-order chi connectivity index (χ1) is 9.47. The van der Waals surface area contributed by atoms with E-state index in [1.54, 1.807) is 6.92 Å². The smallest absolute Gasteiger partial charge is 0.248 e. The molecule has 1 saturated heterocycles. The van der Waals surface area contributed by atoms with Crippen LogP contribution in [0.5, 0.6) is 0 Å². The van der Waals surface area contributed by atoms with Crippen molar-refractivity contribution < 1.29 is 9.59 Å². The van der Waals surface area contributed by atoms with Crippen LogP contribution in [0, 0.1) is 18.8 Å². The zero-order valence-electron chi connectivity index (χ0n) is 12.1. The quantitative estimate of drug-likeness (QED) is 0.861. The molecule has 0 spiro atoms. The van der Waals surface area contributed by atoms with E-state index >= 15 is 0 Å². The summed E-state index contributed by atoms with van der Waals surface area (Å²) in [4.78, 5) is 29.8. The molecule has 1 fully saturated rings. The van der Waals surface area contributed by atoms with Crippen LogP contribution in [0.25, 0.3) is 0 Å². The number of aromatic nitrogens is 3. The van der Waals surface area contributed by atoms with Gasteiger partial charge >= 0.3 is 0 Å². The maximum atomic E-state index is 12.1. The van der Waals surface area contributed by atoms with Crippen LogP contribution in [-0.2, 0) is 9.59 Å². The first-order valence-electron chi connectivity index (χ1n) is 6.96. The van der Waals surface area contributed by atoms with Crippen molar-refractivity contribution in [2.75, 3.05) is 18.4 Å². The molecule has 0 saturated carbocycles. The average Bonchev–Trinajstić information content (AvgIpc) is 2.83. The Kier molecular flexibility index (Phi) is 4.36. The molecule has 0 atom stereocenters. The topological polar surface area (TPSA) is 91.0 Å². The Hall–Kier alpha value is -1.92. The minimum absolute atomic E-state index is 0.0107. The molecule has 1 aliphatic rings.